The maximum absolute atomic E-state index is 9.36. The molecule has 94 valence electrons. The summed E-state index contributed by atoms with van der Waals surface area (Å²) in [6.07, 6.45) is 0. The van der Waals surface area contributed by atoms with Crippen LogP contribution < -0.4 is 0 Å². The summed E-state index contributed by atoms with van der Waals surface area (Å²) in [5.41, 5.74) is 2.11. The van der Waals surface area contributed by atoms with E-state index >= 15 is 0 Å². The maximum atomic E-state index is 9.36. The molecule has 1 saturated heterocycles. The molecule has 1 aromatic carbocycles. The lowest BCUT2D eigenvalue weighted by atomic mass is 9.83. The molecule has 2 nitrogen and oxygen atoms in total. The van der Waals surface area contributed by atoms with Crippen molar-refractivity contribution in [1.29, 1.82) is 0 Å². The quantitative estimate of drug-likeness (QED) is 0.895. The van der Waals surface area contributed by atoms with Crippen molar-refractivity contribution in [2.45, 2.75) is 25.2 Å². The van der Waals surface area contributed by atoms with Gasteiger partial charge in [0.2, 0.25) is 0 Å². The van der Waals surface area contributed by atoms with Crippen molar-refractivity contribution in [1.82, 2.24) is 4.90 Å². The lowest BCUT2D eigenvalue weighted by Gasteiger charge is -2.37. The molecule has 1 N–H and O–H groups in total. The summed E-state index contributed by atoms with van der Waals surface area (Å²) in [6.45, 7) is 6.35. The first-order valence-electron chi connectivity index (χ1n) is 6.03. The van der Waals surface area contributed by atoms with Gasteiger partial charge in [-0.1, -0.05) is 37.6 Å². The highest BCUT2D eigenvalue weighted by atomic mass is 35.5. The largest absolute Gasteiger partial charge is 0.395 e. The Morgan fingerprint density at radius 2 is 2.06 bits per heavy atom. The van der Waals surface area contributed by atoms with Crippen molar-refractivity contribution >= 4 is 11.6 Å². The van der Waals surface area contributed by atoms with Gasteiger partial charge in [0.25, 0.3) is 0 Å². The molecule has 2 rings (SSSR count). The molecule has 1 fully saturated rings. The van der Waals surface area contributed by atoms with Crippen LogP contribution in [0.2, 0.25) is 5.02 Å². The molecule has 1 aromatic rings. The van der Waals surface area contributed by atoms with E-state index in [2.05, 4.69) is 24.1 Å². The Balaban J connectivity index is 2.23. The van der Waals surface area contributed by atoms with Gasteiger partial charge in [-0.2, -0.15) is 0 Å². The van der Waals surface area contributed by atoms with Crippen LogP contribution in [0, 0.1) is 0 Å². The number of likely N-dealkylation sites (tertiary alicyclic amines) is 1. The Hall–Kier alpha value is -0.570. The topological polar surface area (TPSA) is 23.5 Å². The van der Waals surface area contributed by atoms with Gasteiger partial charge >= 0.3 is 0 Å². The molecule has 1 aliphatic rings. The smallest absolute Gasteiger partial charge is 0.0522 e. The zero-order chi connectivity index (χ0) is 12.6. The van der Waals surface area contributed by atoms with Crippen molar-refractivity contribution in [3.8, 4) is 0 Å². The van der Waals surface area contributed by atoms with Crippen molar-refractivity contribution < 1.29 is 5.11 Å². The van der Waals surface area contributed by atoms with E-state index in [1.807, 2.05) is 19.9 Å². The minimum Gasteiger partial charge on any atom is -0.395 e. The van der Waals surface area contributed by atoms with Gasteiger partial charge in [0.1, 0.15) is 0 Å². The first-order valence-corrected chi connectivity index (χ1v) is 6.41. The van der Waals surface area contributed by atoms with Crippen LogP contribution in [0.3, 0.4) is 0 Å². The second kappa shape index (κ2) is 4.60. The third-order valence-electron chi connectivity index (χ3n) is 3.68. The average molecular weight is 254 g/mol. The van der Waals surface area contributed by atoms with Gasteiger partial charge < -0.3 is 10.0 Å². The number of aliphatic hydroxyl groups is 1. The summed E-state index contributed by atoms with van der Waals surface area (Å²) >= 11 is 6.35. The number of halogens is 1. The second-order valence-electron chi connectivity index (χ2n) is 5.70. The van der Waals surface area contributed by atoms with E-state index < -0.39 is 0 Å². The van der Waals surface area contributed by atoms with Crippen LogP contribution in [0.1, 0.15) is 30.9 Å². The molecule has 0 spiro atoms. The molecule has 17 heavy (non-hydrogen) atoms. The van der Waals surface area contributed by atoms with Gasteiger partial charge in [0, 0.05) is 29.4 Å². The number of benzene rings is 1. The summed E-state index contributed by atoms with van der Waals surface area (Å²) in [4.78, 5) is 2.28. The van der Waals surface area contributed by atoms with Crippen LogP contribution in [-0.2, 0) is 5.41 Å². The fraction of sp³-hybridized carbons (Fsp3) is 0.571. The third-order valence-corrected chi connectivity index (χ3v) is 4.01. The maximum Gasteiger partial charge on any atom is 0.0522 e. The van der Waals surface area contributed by atoms with Crippen LogP contribution in [0.4, 0.5) is 0 Å². The highest BCUT2D eigenvalue weighted by Gasteiger charge is 2.27. The predicted molar refractivity (Wildman–Crippen MR) is 71.8 cm³/mol. The van der Waals surface area contributed by atoms with Gasteiger partial charge in [0.15, 0.2) is 0 Å². The molecule has 0 aromatic heterocycles. The van der Waals surface area contributed by atoms with Crippen molar-refractivity contribution in [2.24, 2.45) is 0 Å². The molecular formula is C14H20ClNO. The van der Waals surface area contributed by atoms with Crippen LogP contribution in [0.15, 0.2) is 18.2 Å². The molecule has 0 aliphatic carbocycles. The lowest BCUT2D eigenvalue weighted by Crippen LogP contribution is -2.41. The van der Waals surface area contributed by atoms with E-state index in [0.29, 0.717) is 5.92 Å². The van der Waals surface area contributed by atoms with Gasteiger partial charge in [-0.3, -0.25) is 0 Å². The van der Waals surface area contributed by atoms with E-state index in [9.17, 15) is 5.11 Å². The van der Waals surface area contributed by atoms with E-state index in [0.717, 1.165) is 23.7 Å². The number of nitrogens with zero attached hydrogens (tertiary/aromatic N) is 1. The summed E-state index contributed by atoms with van der Waals surface area (Å²) in [5.74, 6) is 0.568. The van der Waals surface area contributed by atoms with Gasteiger partial charge in [-0.25, -0.2) is 0 Å². The Labute approximate surface area is 108 Å². The summed E-state index contributed by atoms with van der Waals surface area (Å²) in [6, 6.07) is 6.22. The Kier molecular flexibility index (Phi) is 3.48. The Morgan fingerprint density at radius 3 is 2.53 bits per heavy atom. The van der Waals surface area contributed by atoms with Crippen LogP contribution in [0.25, 0.3) is 0 Å². The first kappa shape index (κ1) is 12.9. The van der Waals surface area contributed by atoms with Crippen LogP contribution in [0.5, 0.6) is 0 Å². The summed E-state index contributed by atoms with van der Waals surface area (Å²) in [5, 5.41) is 10.2. The third kappa shape index (κ3) is 2.49. The molecule has 1 aliphatic heterocycles. The molecule has 1 heterocycles. The SMILES string of the molecule is CN1CC(c2ccc(C(C)(C)CO)cc2Cl)C1. The minimum atomic E-state index is -0.224. The van der Waals surface area contributed by atoms with E-state index in [4.69, 9.17) is 11.6 Å². The summed E-state index contributed by atoms with van der Waals surface area (Å²) in [7, 11) is 2.12. The van der Waals surface area contributed by atoms with Crippen molar-refractivity contribution in [3.05, 3.63) is 34.3 Å². The Bertz CT molecular complexity index is 411. The molecule has 0 unspecified atom stereocenters. The van der Waals surface area contributed by atoms with E-state index in [1.54, 1.807) is 0 Å². The molecule has 0 bridgehead atoms. The number of hydrogen-bond acceptors (Lipinski definition) is 2. The number of likely N-dealkylation sites (N-methyl/N-ethyl adjacent to an activating group) is 1. The van der Waals surface area contributed by atoms with Gasteiger partial charge in [-0.15, -0.1) is 0 Å². The van der Waals surface area contributed by atoms with E-state index in [1.165, 1.54) is 5.56 Å². The number of rotatable bonds is 3. The first-order chi connectivity index (χ1) is 7.94. The predicted octanol–water partition coefficient (Wildman–Crippen LogP) is 2.64. The monoisotopic (exact) mass is 253 g/mol. The zero-order valence-electron chi connectivity index (χ0n) is 10.7. The Morgan fingerprint density at radius 1 is 1.41 bits per heavy atom. The normalized spacial score (nSPS) is 18.2. The molecule has 0 atom stereocenters. The zero-order valence-corrected chi connectivity index (χ0v) is 11.5. The van der Waals surface area contributed by atoms with Crippen molar-refractivity contribution in [3.63, 3.8) is 0 Å². The minimum absolute atomic E-state index is 0.134. The molecule has 0 amide bonds. The van der Waals surface area contributed by atoms with Crippen molar-refractivity contribution in [2.75, 3.05) is 26.7 Å². The van der Waals surface area contributed by atoms with E-state index in [-0.39, 0.29) is 12.0 Å². The second-order valence-corrected chi connectivity index (χ2v) is 6.10. The fourth-order valence-electron chi connectivity index (χ4n) is 2.27. The van der Waals surface area contributed by atoms with Crippen LogP contribution >= 0.6 is 11.6 Å². The molecule has 3 heteroatoms. The van der Waals surface area contributed by atoms with Crippen LogP contribution in [-0.4, -0.2) is 36.8 Å². The fourth-order valence-corrected chi connectivity index (χ4v) is 2.60. The molecular weight excluding hydrogens is 234 g/mol. The standard InChI is InChI=1S/C14H20ClNO/c1-14(2,9-17)11-4-5-12(13(15)6-11)10-7-16(3)8-10/h4-6,10,17H,7-9H2,1-3H3. The number of aliphatic hydroxyl groups excluding tert-OH is 1. The van der Waals surface area contributed by atoms with Gasteiger partial charge in [0.05, 0.1) is 6.61 Å². The summed E-state index contributed by atoms with van der Waals surface area (Å²) < 4.78 is 0. The molecule has 0 saturated carbocycles. The average Bonchev–Trinajstić information content (AvgIpc) is 2.25. The lowest BCUT2D eigenvalue weighted by molar-refractivity contribution is 0.189. The van der Waals surface area contributed by atoms with Gasteiger partial charge in [-0.05, 0) is 24.2 Å². The number of hydrogen-bond donors (Lipinski definition) is 1. The highest BCUT2D eigenvalue weighted by Crippen LogP contribution is 2.34. The molecule has 0 radical (unpaired) electrons. The highest BCUT2D eigenvalue weighted by molar-refractivity contribution is 6.31.